The molecule has 0 spiro atoms. The molecule has 8 unspecified atom stereocenters. The van der Waals surface area contributed by atoms with Crippen LogP contribution in [-0.2, 0) is 41.8 Å². The number of piperidine rings is 2. The van der Waals surface area contributed by atoms with Crippen LogP contribution in [0, 0.1) is 11.8 Å². The first kappa shape index (κ1) is 106. The molecule has 2 saturated heterocycles. The van der Waals surface area contributed by atoms with Gasteiger partial charge in [0, 0.05) is 166 Å². The predicted octanol–water partition coefficient (Wildman–Crippen LogP) is 24.4. The highest BCUT2D eigenvalue weighted by atomic mass is 35.5. The molecule has 33 heteroatoms. The fraction of sp³-hybridized carbons (Fsp3) is 0.322. The molecule has 8 N–H and O–H groups in total. The second-order valence-electron chi connectivity index (χ2n) is 38.6. The molecule has 0 radical (unpaired) electrons. The predicted molar refractivity (Wildman–Crippen MR) is 582 cm³/mol. The van der Waals surface area contributed by atoms with Gasteiger partial charge in [-0.2, -0.15) is 0 Å². The smallest absolute Gasteiger partial charge is 0.416 e. The average Bonchev–Trinajstić information content (AvgIpc) is 1.60. The zero-order chi connectivity index (χ0) is 103. The highest BCUT2D eigenvalue weighted by molar-refractivity contribution is 6.33. The summed E-state index contributed by atoms with van der Waals surface area (Å²) in [6.45, 7) is 12.3. The van der Waals surface area contributed by atoms with Gasteiger partial charge < -0.3 is 88.3 Å². The van der Waals surface area contributed by atoms with Gasteiger partial charge in [0.1, 0.15) is 84.9 Å². The van der Waals surface area contributed by atoms with E-state index >= 15 is 0 Å². The molecule has 148 heavy (non-hydrogen) atoms. The lowest BCUT2D eigenvalue weighted by Gasteiger charge is -2.35. The maximum absolute atomic E-state index is 13.5. The monoisotopic (exact) mass is 2140 g/mol. The topological polar surface area (TPSA) is 297 Å². The van der Waals surface area contributed by atoms with Crippen molar-refractivity contribution in [1.29, 1.82) is 0 Å². The molecule has 0 aliphatic carbocycles. The van der Waals surface area contributed by atoms with Gasteiger partial charge in [0.05, 0.1) is 32.0 Å². The largest absolute Gasteiger partial charge is 0.493 e. The number of hydrogen-bond acceptors (Lipinski definition) is 18. The molecular formula is C115H118Cl7N11O15. The van der Waals surface area contributed by atoms with Crippen LogP contribution in [0.25, 0.3) is 43.6 Å². The Morgan fingerprint density at radius 3 is 1.11 bits per heavy atom. The lowest BCUT2D eigenvalue weighted by atomic mass is 9.92. The zero-order valence-electron chi connectivity index (χ0n) is 82.6. The van der Waals surface area contributed by atoms with Gasteiger partial charge in [-0.25, -0.2) is 19.2 Å². The summed E-state index contributed by atoms with van der Waals surface area (Å²) in [4.78, 5) is 78.9. The first-order valence-corrected chi connectivity index (χ1v) is 52.5. The Hall–Kier alpha value is -12.4. The molecule has 6 aliphatic rings. The summed E-state index contributed by atoms with van der Waals surface area (Å²) < 4.78 is 46.0. The number of H-pyrrole nitrogens is 4. The molecule has 772 valence electrons. The molecule has 0 saturated carbocycles. The summed E-state index contributed by atoms with van der Waals surface area (Å²) in [6.07, 6.45) is 4.32. The molecular weight excluding hydrogens is 2020 g/mol. The van der Waals surface area contributed by atoms with Crippen LogP contribution in [0.5, 0.6) is 34.5 Å². The van der Waals surface area contributed by atoms with E-state index in [0.29, 0.717) is 142 Å². The summed E-state index contributed by atoms with van der Waals surface area (Å²) in [7, 11) is 5.71. The van der Waals surface area contributed by atoms with E-state index in [1.165, 1.54) is 43.9 Å². The third-order valence-corrected chi connectivity index (χ3v) is 29.8. The maximum Gasteiger partial charge on any atom is 0.416 e. The zero-order valence-corrected chi connectivity index (χ0v) is 87.9. The third kappa shape index (κ3) is 25.2. The molecule has 11 aromatic carbocycles. The number of aromatic nitrogens is 4. The lowest BCUT2D eigenvalue weighted by Crippen LogP contribution is -2.42. The number of hydrogen-bond donors (Lipinski definition) is 8. The average molecular weight is 2140 g/mol. The van der Waals surface area contributed by atoms with E-state index in [9.17, 15) is 29.4 Å². The molecule has 8 atom stereocenters. The molecule has 26 nitrogen and oxygen atoms in total. The van der Waals surface area contributed by atoms with E-state index in [1.54, 1.807) is 86.3 Å². The summed E-state index contributed by atoms with van der Waals surface area (Å²) >= 11 is 43.8. The number of halogens is 7. The van der Waals surface area contributed by atoms with E-state index in [-0.39, 0.29) is 56.7 Å². The second kappa shape index (κ2) is 48.5. The molecule has 21 rings (SSSR count). The third-order valence-electron chi connectivity index (χ3n) is 27.9. The standard InChI is InChI=1S/C32H33Cl2N3O3.C31H31Cl2N3O3.C30H31Cl2N3O4.C22H23ClN2O5/c1-36-15-4-5-21(18-36)19-39-25-11-8-22(9-12-25)31-30-26(27-17-24(33)10-13-29(27)35-30)14-16-37(31)32(38)40-20-23-6-2-3-7-28(23)34;1-35-15-4-5-20(18-35)19-38-23-11-8-21(9-12-23)30-29-24(25-17-22(32)10-13-27(25)34-29)14-16-36(30)31(37)39-28-7-3-2-6-26(28)33;1-18(2)33-16-22(36)17-38-23-8-3-19(4-9-23)29-28-25(26-15-21(32)7-12-27(26)34-28)13-14-35(29)30(37)39-24-10-5-20(31)6-11-24;1-29-22(28)25-9-8-17-18-10-14(23)4-7-19(18)24-20(17)21(25)13-2-5-16(6-3-13)30-12-15(27)11-26/h2-3,6-13,17,21,31,35H,4-5,14-16,18-20H2,1H3;2-3,6-13,17,20,30,34H,4-5,14-16,18-19H2,1H3;3-12,15,18,22,29,33-34,36H,13-14,16-17H2,1-2H3;2-7,10,15,21,24,26-27H,8-9,11-12H2,1H3. The Balaban J connectivity index is 0.000000130. The molecule has 15 aromatic rings. The normalized spacial score (nSPS) is 18.0. The Kier molecular flexibility index (Phi) is 34.6. The van der Waals surface area contributed by atoms with Crippen molar-refractivity contribution < 1.29 is 72.4 Å². The number of carbonyl (C=O) groups excluding carboxylic acids is 4. The van der Waals surface area contributed by atoms with E-state index in [0.717, 1.165) is 143 Å². The SMILES string of the molecule is CC(C)NCC(O)COc1ccc(C2c3[nH]c4ccc(Cl)cc4c3CCN2C(=O)Oc2ccc(Cl)cc2)cc1.CN1CCCC(COc2ccc(C3c4[nH]c5ccc(Cl)cc5c4CCN3C(=O)OCc3ccccc3Cl)cc2)C1.CN1CCCC(COc2ccc(C3c4[nH]c5ccc(Cl)cc5c4CCN3C(=O)Oc3ccccc3Cl)cc2)C1.COC(=O)N1CCc2c([nH]c3ccc(Cl)cc23)C1c1ccc(OCC(O)CO)cc1. The molecule has 4 aromatic heterocycles. The van der Waals surface area contributed by atoms with E-state index < -0.39 is 36.5 Å². The van der Waals surface area contributed by atoms with Crippen LogP contribution in [0.15, 0.2) is 243 Å². The van der Waals surface area contributed by atoms with Gasteiger partial charge in [0.15, 0.2) is 5.75 Å². The number of benzene rings is 11. The van der Waals surface area contributed by atoms with Crippen molar-refractivity contribution in [2.24, 2.45) is 11.8 Å². The highest BCUT2D eigenvalue weighted by Crippen LogP contribution is 2.47. The fourth-order valence-corrected chi connectivity index (χ4v) is 21.8. The van der Waals surface area contributed by atoms with Crippen LogP contribution >= 0.6 is 81.2 Å². The number of fused-ring (bicyclic) bond motifs is 12. The van der Waals surface area contributed by atoms with Crippen LogP contribution in [0.2, 0.25) is 35.2 Å². The van der Waals surface area contributed by atoms with Crippen molar-refractivity contribution in [2.75, 3.05) is 113 Å². The van der Waals surface area contributed by atoms with Crippen molar-refractivity contribution in [3.63, 3.8) is 0 Å². The van der Waals surface area contributed by atoms with E-state index in [1.807, 2.05) is 178 Å². The number of amides is 4. The summed E-state index contributed by atoms with van der Waals surface area (Å²) in [5.74, 6) is 4.72. The molecule has 4 amide bonds. The Morgan fingerprint density at radius 1 is 0.392 bits per heavy atom. The van der Waals surface area contributed by atoms with Crippen molar-refractivity contribution in [1.82, 2.24) is 54.7 Å². The second-order valence-corrected chi connectivity index (χ2v) is 41.6. The number of nitrogens with zero attached hydrogens (tertiary/aromatic N) is 6. The van der Waals surface area contributed by atoms with Crippen molar-refractivity contribution in [2.45, 2.75) is 114 Å². The first-order chi connectivity index (χ1) is 71.7. The summed E-state index contributed by atoms with van der Waals surface area (Å²) in [5, 5.41) is 40.3. The quantitative estimate of drug-likeness (QED) is 0.0279. The molecule has 2 fully saturated rings. The highest BCUT2D eigenvalue weighted by Gasteiger charge is 2.42. The summed E-state index contributed by atoms with van der Waals surface area (Å²) in [6, 6.07) is 74.3. The van der Waals surface area contributed by atoms with Gasteiger partial charge in [-0.15, -0.1) is 0 Å². The maximum atomic E-state index is 13.5. The number of aliphatic hydroxyl groups excluding tert-OH is 3. The Labute approximate surface area is 894 Å². The van der Waals surface area contributed by atoms with Crippen LogP contribution in [0.1, 0.15) is 137 Å². The molecule has 10 heterocycles. The lowest BCUT2D eigenvalue weighted by molar-refractivity contribution is 0.0536. The first-order valence-electron chi connectivity index (χ1n) is 49.9. The van der Waals surface area contributed by atoms with Gasteiger partial charge in [-0.3, -0.25) is 19.6 Å². The van der Waals surface area contributed by atoms with Gasteiger partial charge in [-0.1, -0.05) is 174 Å². The van der Waals surface area contributed by atoms with Crippen molar-refractivity contribution in [3.8, 4) is 34.5 Å². The number of para-hydroxylation sites is 1. The van der Waals surface area contributed by atoms with Crippen LogP contribution in [0.4, 0.5) is 19.2 Å². The van der Waals surface area contributed by atoms with Crippen molar-refractivity contribution in [3.05, 3.63) is 351 Å². The van der Waals surface area contributed by atoms with E-state index in [2.05, 4.69) is 61.3 Å². The Bertz CT molecular complexity index is 7160. The molecule has 0 bridgehead atoms. The number of rotatable bonds is 24. The number of aromatic amines is 4. The number of carbonyl (C=O) groups is 4. The number of ether oxygens (including phenoxy) is 8. The van der Waals surface area contributed by atoms with Gasteiger partial charge >= 0.3 is 24.4 Å². The minimum atomic E-state index is -0.932. The minimum Gasteiger partial charge on any atom is -0.493 e. The number of likely N-dealkylation sites (tertiary alicyclic amines) is 2. The minimum absolute atomic E-state index is 0.000482. The van der Waals surface area contributed by atoms with Crippen LogP contribution in [-0.4, -0.2) is 220 Å². The number of methoxy groups -OCH3 is 1. The van der Waals surface area contributed by atoms with Gasteiger partial charge in [0.2, 0.25) is 0 Å². The fourth-order valence-electron chi connectivity index (χ4n) is 20.6. The summed E-state index contributed by atoms with van der Waals surface area (Å²) in [5.41, 5.74) is 16.9. The number of nitrogens with one attached hydrogen (secondary N) is 5. The van der Waals surface area contributed by atoms with Gasteiger partial charge in [-0.05, 0) is 287 Å². The molecule has 6 aliphatic heterocycles. The van der Waals surface area contributed by atoms with Crippen LogP contribution < -0.4 is 33.7 Å². The van der Waals surface area contributed by atoms with Gasteiger partial charge in [0.25, 0.3) is 0 Å². The Morgan fingerprint density at radius 2 is 0.736 bits per heavy atom. The van der Waals surface area contributed by atoms with E-state index in [4.69, 9.17) is 124 Å². The number of aliphatic hydroxyl groups is 3. The van der Waals surface area contributed by atoms with Crippen molar-refractivity contribution >= 4 is 149 Å². The van der Waals surface area contributed by atoms with Crippen LogP contribution in [0.3, 0.4) is 0 Å².